The van der Waals surface area contributed by atoms with Crippen LogP contribution in [0.4, 0.5) is 10.2 Å². The van der Waals surface area contributed by atoms with Gasteiger partial charge in [0.2, 0.25) is 5.91 Å². The minimum atomic E-state index is -0.531. The third-order valence-electron chi connectivity index (χ3n) is 5.73. The van der Waals surface area contributed by atoms with Crippen LogP contribution in [0.1, 0.15) is 23.7 Å². The number of carbonyl (C=O) groups excluding carboxylic acids is 1. The van der Waals surface area contributed by atoms with Crippen LogP contribution in [0.2, 0.25) is 0 Å². The number of aromatic nitrogens is 2. The Morgan fingerprint density at radius 1 is 1.06 bits per heavy atom. The van der Waals surface area contributed by atoms with Crippen LogP contribution in [-0.2, 0) is 11.2 Å². The van der Waals surface area contributed by atoms with Crippen molar-refractivity contribution in [3.05, 3.63) is 77.2 Å². The molecule has 1 saturated heterocycles. The van der Waals surface area contributed by atoms with Gasteiger partial charge in [0, 0.05) is 49.4 Å². The summed E-state index contributed by atoms with van der Waals surface area (Å²) >= 11 is 6.00. The van der Waals surface area contributed by atoms with E-state index in [4.69, 9.17) is 21.6 Å². The molecule has 1 amide bonds. The molecule has 1 unspecified atom stereocenters. The summed E-state index contributed by atoms with van der Waals surface area (Å²) in [6.45, 7) is 6.14. The number of amides is 1. The molecule has 0 N–H and O–H groups in total. The number of aryl methyl sites for hydroxylation is 1. The number of halogens is 2. The van der Waals surface area contributed by atoms with Gasteiger partial charge in [-0.2, -0.15) is 0 Å². The Morgan fingerprint density at radius 2 is 1.78 bits per heavy atom. The first-order valence-electron chi connectivity index (χ1n) is 10.8. The van der Waals surface area contributed by atoms with Crippen LogP contribution in [0.5, 0.6) is 0 Å². The highest BCUT2D eigenvalue weighted by Crippen LogP contribution is 2.28. The normalized spacial score (nSPS) is 15.0. The molecule has 3 aromatic rings. The lowest BCUT2D eigenvalue weighted by Crippen LogP contribution is -2.51. The third kappa shape index (κ3) is 4.91. The third-order valence-corrected chi connectivity index (χ3v) is 5.92. The second-order valence-corrected chi connectivity index (χ2v) is 8.69. The van der Waals surface area contributed by atoms with Gasteiger partial charge in [0.05, 0.1) is 0 Å². The number of anilines is 1. The van der Waals surface area contributed by atoms with Crippen molar-refractivity contribution in [3.63, 3.8) is 0 Å². The molecule has 1 fully saturated rings. The van der Waals surface area contributed by atoms with Gasteiger partial charge >= 0.3 is 0 Å². The molecular weight excluding hydrogens is 427 g/mol. The van der Waals surface area contributed by atoms with Crippen molar-refractivity contribution in [3.8, 4) is 11.4 Å². The van der Waals surface area contributed by atoms with Crippen LogP contribution in [0, 0.1) is 12.7 Å². The van der Waals surface area contributed by atoms with E-state index in [0.29, 0.717) is 44.0 Å². The molecule has 32 heavy (non-hydrogen) atoms. The number of carbonyl (C=O) groups is 1. The van der Waals surface area contributed by atoms with Gasteiger partial charge in [0.15, 0.2) is 5.82 Å². The highest BCUT2D eigenvalue weighted by Gasteiger charge is 2.27. The lowest BCUT2D eigenvalue weighted by atomic mass is 10.0. The molecule has 0 saturated carbocycles. The molecule has 2 heterocycles. The molecule has 1 aromatic heterocycles. The van der Waals surface area contributed by atoms with Crippen molar-refractivity contribution in [2.45, 2.75) is 25.6 Å². The fraction of sp³-hybridized carbons (Fsp3) is 0.320. The number of nitrogens with zero attached hydrogens (tertiary/aromatic N) is 4. The minimum absolute atomic E-state index is 0.0462. The molecular formula is C25H26ClFN4O. The molecule has 0 radical (unpaired) electrons. The van der Waals surface area contributed by atoms with E-state index in [1.54, 1.807) is 17.9 Å². The number of hydrogen-bond acceptors (Lipinski definition) is 4. The fourth-order valence-electron chi connectivity index (χ4n) is 4.00. The number of piperazine rings is 1. The first-order valence-corrected chi connectivity index (χ1v) is 11.2. The smallest absolute Gasteiger partial charge is 0.240 e. The number of alkyl halides is 1. The van der Waals surface area contributed by atoms with Crippen LogP contribution in [-0.4, -0.2) is 52.3 Å². The number of benzene rings is 2. The zero-order valence-corrected chi connectivity index (χ0v) is 19.0. The van der Waals surface area contributed by atoms with Crippen molar-refractivity contribution in [2.75, 3.05) is 31.1 Å². The van der Waals surface area contributed by atoms with E-state index in [2.05, 4.69) is 17.0 Å². The summed E-state index contributed by atoms with van der Waals surface area (Å²) in [6, 6.07) is 16.5. The second kappa shape index (κ2) is 9.65. The van der Waals surface area contributed by atoms with Gasteiger partial charge in [-0.3, -0.25) is 4.79 Å². The molecule has 5 nitrogen and oxygen atoms in total. The van der Waals surface area contributed by atoms with Crippen LogP contribution in [0.3, 0.4) is 0 Å². The van der Waals surface area contributed by atoms with Crippen molar-refractivity contribution >= 4 is 23.3 Å². The summed E-state index contributed by atoms with van der Waals surface area (Å²) in [5, 5.41) is -0.531. The standard InChI is InChI=1S/C25H26ClFN4O/c1-17(26)25(32)31-13-11-30(12-14-31)24-22(15-19-7-4-3-5-8-19)18(2)28-23(29-24)20-9-6-10-21(27)16-20/h3-10,16-17H,11-15H2,1-2H3. The van der Waals surface area contributed by atoms with Gasteiger partial charge in [0.25, 0.3) is 0 Å². The Bertz CT molecular complexity index is 1100. The van der Waals surface area contributed by atoms with Crippen LogP contribution < -0.4 is 4.90 Å². The van der Waals surface area contributed by atoms with E-state index in [-0.39, 0.29) is 11.7 Å². The van der Waals surface area contributed by atoms with E-state index in [9.17, 15) is 9.18 Å². The highest BCUT2D eigenvalue weighted by atomic mass is 35.5. The molecule has 1 atom stereocenters. The maximum Gasteiger partial charge on any atom is 0.240 e. The maximum absolute atomic E-state index is 13.8. The molecule has 166 valence electrons. The minimum Gasteiger partial charge on any atom is -0.353 e. The summed E-state index contributed by atoms with van der Waals surface area (Å²) in [4.78, 5) is 25.9. The van der Waals surface area contributed by atoms with E-state index in [1.165, 1.54) is 17.7 Å². The summed E-state index contributed by atoms with van der Waals surface area (Å²) < 4.78 is 13.8. The van der Waals surface area contributed by atoms with Gasteiger partial charge in [-0.15, -0.1) is 11.6 Å². The SMILES string of the molecule is Cc1nc(-c2cccc(F)c2)nc(N2CCN(C(=O)C(C)Cl)CC2)c1Cc1ccccc1. The van der Waals surface area contributed by atoms with Gasteiger partial charge in [-0.1, -0.05) is 42.5 Å². The second-order valence-electron chi connectivity index (χ2n) is 8.04. The average Bonchev–Trinajstić information content (AvgIpc) is 2.80. The molecule has 1 aliphatic heterocycles. The van der Waals surface area contributed by atoms with Crippen molar-refractivity contribution in [2.24, 2.45) is 0 Å². The Hall–Kier alpha value is -2.99. The Labute approximate surface area is 192 Å². The molecule has 0 aliphatic carbocycles. The lowest BCUT2D eigenvalue weighted by Gasteiger charge is -2.37. The Morgan fingerprint density at radius 3 is 2.44 bits per heavy atom. The number of hydrogen-bond donors (Lipinski definition) is 0. The molecule has 4 rings (SSSR count). The van der Waals surface area contributed by atoms with Crippen LogP contribution in [0.25, 0.3) is 11.4 Å². The maximum atomic E-state index is 13.8. The highest BCUT2D eigenvalue weighted by molar-refractivity contribution is 6.30. The molecule has 2 aromatic carbocycles. The summed E-state index contributed by atoms with van der Waals surface area (Å²) in [6.07, 6.45) is 0.698. The zero-order valence-electron chi connectivity index (χ0n) is 18.3. The monoisotopic (exact) mass is 452 g/mol. The summed E-state index contributed by atoms with van der Waals surface area (Å²) in [7, 11) is 0. The van der Waals surface area contributed by atoms with Crippen molar-refractivity contribution in [1.29, 1.82) is 0 Å². The number of rotatable bonds is 5. The van der Waals surface area contributed by atoms with Crippen LogP contribution in [0.15, 0.2) is 54.6 Å². The molecule has 1 aliphatic rings. The quantitative estimate of drug-likeness (QED) is 0.536. The fourth-order valence-corrected chi connectivity index (χ4v) is 4.13. The van der Waals surface area contributed by atoms with E-state index >= 15 is 0 Å². The van der Waals surface area contributed by atoms with Gasteiger partial charge in [-0.25, -0.2) is 14.4 Å². The van der Waals surface area contributed by atoms with E-state index < -0.39 is 5.38 Å². The molecule has 0 spiro atoms. The van der Waals surface area contributed by atoms with Gasteiger partial charge in [0.1, 0.15) is 17.0 Å². The topological polar surface area (TPSA) is 49.3 Å². The molecule has 0 bridgehead atoms. The predicted molar refractivity (Wildman–Crippen MR) is 126 cm³/mol. The van der Waals surface area contributed by atoms with Gasteiger partial charge < -0.3 is 9.80 Å². The Balaban J connectivity index is 1.70. The average molecular weight is 453 g/mol. The first kappa shape index (κ1) is 22.2. The van der Waals surface area contributed by atoms with Crippen molar-refractivity contribution in [1.82, 2.24) is 14.9 Å². The first-order chi connectivity index (χ1) is 15.4. The molecule has 7 heteroatoms. The lowest BCUT2D eigenvalue weighted by molar-refractivity contribution is -0.130. The van der Waals surface area contributed by atoms with Gasteiger partial charge in [-0.05, 0) is 31.5 Å². The van der Waals surface area contributed by atoms with Crippen LogP contribution >= 0.6 is 11.6 Å². The summed E-state index contributed by atoms with van der Waals surface area (Å²) in [5.41, 5.74) is 3.72. The van der Waals surface area contributed by atoms with Crippen molar-refractivity contribution < 1.29 is 9.18 Å². The Kier molecular flexibility index (Phi) is 6.70. The predicted octanol–water partition coefficient (Wildman–Crippen LogP) is 4.46. The zero-order chi connectivity index (χ0) is 22.7. The van der Waals surface area contributed by atoms with E-state index in [0.717, 1.165) is 17.1 Å². The summed E-state index contributed by atoms with van der Waals surface area (Å²) in [5.74, 6) is 0.976. The van der Waals surface area contributed by atoms with E-state index in [1.807, 2.05) is 31.2 Å². The largest absolute Gasteiger partial charge is 0.353 e.